The van der Waals surface area contributed by atoms with Gasteiger partial charge < -0.3 is 19.7 Å². The van der Waals surface area contributed by atoms with Gasteiger partial charge in [0.05, 0.1) is 34.6 Å². The van der Waals surface area contributed by atoms with Crippen LogP contribution in [0.2, 0.25) is 5.02 Å². The Morgan fingerprint density at radius 2 is 1.85 bits per heavy atom. The van der Waals surface area contributed by atoms with Gasteiger partial charge in [-0.05, 0) is 75.6 Å². The SMILES string of the molecule is N#CC(=Cc1ccc(OCc2ccc(Cl)cc2)c(Br)c1)C(=O)Nc1cc(C(F)(F)F)ccc1N1CCOCC1. The van der Waals surface area contributed by atoms with Gasteiger partial charge in [0.2, 0.25) is 0 Å². The lowest BCUT2D eigenvalue weighted by molar-refractivity contribution is -0.137. The molecule has 3 aromatic carbocycles. The Balaban J connectivity index is 1.53. The zero-order valence-electron chi connectivity index (χ0n) is 20.4. The van der Waals surface area contributed by atoms with Gasteiger partial charge >= 0.3 is 6.18 Å². The average molecular weight is 621 g/mol. The number of hydrogen-bond donors (Lipinski definition) is 1. The number of nitrogens with one attached hydrogen (secondary N) is 1. The van der Waals surface area contributed by atoms with Gasteiger partial charge in [-0.1, -0.05) is 29.8 Å². The van der Waals surface area contributed by atoms with Crippen molar-refractivity contribution in [2.75, 3.05) is 36.5 Å². The van der Waals surface area contributed by atoms with E-state index in [2.05, 4.69) is 21.2 Å². The Kier molecular flexibility index (Phi) is 9.17. The highest BCUT2D eigenvalue weighted by molar-refractivity contribution is 9.10. The summed E-state index contributed by atoms with van der Waals surface area (Å²) >= 11 is 9.34. The van der Waals surface area contributed by atoms with Gasteiger partial charge in [0, 0.05) is 18.1 Å². The van der Waals surface area contributed by atoms with Crippen molar-refractivity contribution in [1.29, 1.82) is 5.26 Å². The lowest BCUT2D eigenvalue weighted by Gasteiger charge is -2.31. The van der Waals surface area contributed by atoms with Crippen molar-refractivity contribution in [3.05, 3.63) is 92.4 Å². The molecule has 1 fully saturated rings. The van der Waals surface area contributed by atoms with Crippen LogP contribution in [0.1, 0.15) is 16.7 Å². The highest BCUT2D eigenvalue weighted by Gasteiger charge is 2.32. The summed E-state index contributed by atoms with van der Waals surface area (Å²) in [6.07, 6.45) is -3.24. The van der Waals surface area contributed by atoms with Crippen LogP contribution in [-0.4, -0.2) is 32.2 Å². The minimum absolute atomic E-state index is 0.0370. The van der Waals surface area contributed by atoms with Crippen LogP contribution in [0.4, 0.5) is 24.5 Å². The highest BCUT2D eigenvalue weighted by Crippen LogP contribution is 2.36. The molecule has 0 atom stereocenters. The summed E-state index contributed by atoms with van der Waals surface area (Å²) in [5.41, 5.74) is 0.638. The number of benzene rings is 3. The zero-order chi connectivity index (χ0) is 28.0. The predicted molar refractivity (Wildman–Crippen MR) is 147 cm³/mol. The quantitative estimate of drug-likeness (QED) is 0.226. The van der Waals surface area contributed by atoms with E-state index in [0.717, 1.165) is 17.7 Å². The van der Waals surface area contributed by atoms with Crippen LogP contribution in [0.3, 0.4) is 0 Å². The van der Waals surface area contributed by atoms with Crippen molar-refractivity contribution in [3.63, 3.8) is 0 Å². The third kappa shape index (κ3) is 7.53. The summed E-state index contributed by atoms with van der Waals surface area (Å²) in [5, 5.41) is 12.8. The number of nitriles is 1. The molecule has 0 spiro atoms. The van der Waals surface area contributed by atoms with Crippen molar-refractivity contribution in [2.45, 2.75) is 12.8 Å². The summed E-state index contributed by atoms with van der Waals surface area (Å²) in [6, 6.07) is 17.2. The summed E-state index contributed by atoms with van der Waals surface area (Å²) in [5.74, 6) is -0.283. The second-order valence-corrected chi connectivity index (χ2v) is 9.85. The largest absolute Gasteiger partial charge is 0.488 e. The Labute approximate surface area is 236 Å². The monoisotopic (exact) mass is 619 g/mol. The molecule has 0 bridgehead atoms. The van der Waals surface area contributed by atoms with E-state index in [0.29, 0.717) is 59.4 Å². The molecule has 39 heavy (non-hydrogen) atoms. The number of rotatable bonds is 7. The number of alkyl halides is 3. The third-order valence-electron chi connectivity index (χ3n) is 5.86. The first-order valence-electron chi connectivity index (χ1n) is 11.8. The number of anilines is 2. The summed E-state index contributed by atoms with van der Waals surface area (Å²) in [7, 11) is 0. The molecular formula is C28H22BrClF3N3O3. The smallest absolute Gasteiger partial charge is 0.416 e. The number of ether oxygens (including phenoxy) is 2. The normalized spacial score (nSPS) is 14.1. The van der Waals surface area contributed by atoms with E-state index in [1.807, 2.05) is 23.1 Å². The number of halogens is 5. The second-order valence-electron chi connectivity index (χ2n) is 8.56. The number of carbonyl (C=O) groups is 1. The number of hydrogen-bond acceptors (Lipinski definition) is 5. The van der Waals surface area contributed by atoms with E-state index >= 15 is 0 Å². The van der Waals surface area contributed by atoms with Crippen LogP contribution in [0.5, 0.6) is 5.75 Å². The van der Waals surface area contributed by atoms with Crippen LogP contribution in [-0.2, 0) is 22.3 Å². The highest BCUT2D eigenvalue weighted by atomic mass is 79.9. The fourth-order valence-corrected chi connectivity index (χ4v) is 4.50. The van der Waals surface area contributed by atoms with Gasteiger partial charge in [-0.2, -0.15) is 18.4 Å². The van der Waals surface area contributed by atoms with Crippen LogP contribution in [0.25, 0.3) is 6.08 Å². The Hall–Kier alpha value is -3.52. The van der Waals surface area contributed by atoms with Crippen molar-refractivity contribution in [3.8, 4) is 11.8 Å². The van der Waals surface area contributed by atoms with Crippen LogP contribution >= 0.6 is 27.5 Å². The van der Waals surface area contributed by atoms with Gasteiger partial charge in [-0.15, -0.1) is 0 Å². The van der Waals surface area contributed by atoms with E-state index in [-0.39, 0.29) is 11.3 Å². The maximum atomic E-state index is 13.4. The topological polar surface area (TPSA) is 74.6 Å². The molecule has 0 aliphatic carbocycles. The molecule has 11 heteroatoms. The molecule has 3 aromatic rings. The fraction of sp³-hybridized carbons (Fsp3) is 0.214. The zero-order valence-corrected chi connectivity index (χ0v) is 22.7. The summed E-state index contributed by atoms with van der Waals surface area (Å²) < 4.78 is 51.9. The van der Waals surface area contributed by atoms with Crippen molar-refractivity contribution in [1.82, 2.24) is 0 Å². The van der Waals surface area contributed by atoms with Crippen molar-refractivity contribution < 1.29 is 27.4 Å². The van der Waals surface area contributed by atoms with Crippen LogP contribution in [0, 0.1) is 11.3 Å². The predicted octanol–water partition coefficient (Wildman–Crippen LogP) is 7.08. The van der Waals surface area contributed by atoms with Gasteiger partial charge in [0.25, 0.3) is 5.91 Å². The molecule has 1 aliphatic rings. The minimum atomic E-state index is -4.60. The first-order valence-corrected chi connectivity index (χ1v) is 12.9. The molecule has 1 N–H and O–H groups in total. The van der Waals surface area contributed by atoms with E-state index in [4.69, 9.17) is 21.1 Å². The first kappa shape index (κ1) is 28.5. The number of morpholine rings is 1. The number of carbonyl (C=O) groups excluding carboxylic acids is 1. The molecule has 202 valence electrons. The van der Waals surface area contributed by atoms with E-state index in [1.165, 1.54) is 12.1 Å². The van der Waals surface area contributed by atoms with Gasteiger partial charge in [-0.25, -0.2) is 0 Å². The Bertz CT molecular complexity index is 1420. The van der Waals surface area contributed by atoms with Gasteiger partial charge in [0.15, 0.2) is 0 Å². The first-order chi connectivity index (χ1) is 18.6. The lowest BCUT2D eigenvalue weighted by atomic mass is 10.1. The van der Waals surface area contributed by atoms with Crippen LogP contribution < -0.4 is 15.0 Å². The van der Waals surface area contributed by atoms with E-state index in [9.17, 15) is 23.2 Å². The molecule has 1 saturated heterocycles. The standard InChI is InChI=1S/C28H22BrClF3N3O3/c29-23-14-19(3-8-26(23)39-17-18-1-5-22(30)6-2-18)13-20(16-34)27(37)35-24-15-21(28(31,32)33)4-7-25(24)36-9-11-38-12-10-36/h1-8,13-15H,9-12,17H2,(H,35,37). The van der Waals surface area contributed by atoms with Gasteiger partial charge in [0.1, 0.15) is 24.0 Å². The summed E-state index contributed by atoms with van der Waals surface area (Å²) in [6.45, 7) is 2.03. The van der Waals surface area contributed by atoms with E-state index < -0.39 is 17.6 Å². The molecule has 0 saturated carbocycles. The molecule has 6 nitrogen and oxygen atoms in total. The Morgan fingerprint density at radius 1 is 1.13 bits per heavy atom. The molecule has 0 radical (unpaired) electrons. The molecular weight excluding hydrogens is 599 g/mol. The second kappa shape index (κ2) is 12.6. The van der Waals surface area contributed by atoms with Crippen molar-refractivity contribution >= 4 is 50.9 Å². The third-order valence-corrected chi connectivity index (χ3v) is 6.74. The van der Waals surface area contributed by atoms with Gasteiger partial charge in [-0.3, -0.25) is 4.79 Å². The lowest BCUT2D eigenvalue weighted by Crippen LogP contribution is -2.37. The molecule has 4 rings (SSSR count). The molecule has 1 amide bonds. The summed E-state index contributed by atoms with van der Waals surface area (Å²) in [4.78, 5) is 14.8. The van der Waals surface area contributed by atoms with Crippen molar-refractivity contribution in [2.24, 2.45) is 0 Å². The molecule has 1 heterocycles. The molecule has 1 aliphatic heterocycles. The number of amides is 1. The van der Waals surface area contributed by atoms with E-state index in [1.54, 1.807) is 30.3 Å². The minimum Gasteiger partial charge on any atom is -0.488 e. The maximum Gasteiger partial charge on any atom is 0.416 e. The maximum absolute atomic E-state index is 13.4. The molecule has 0 unspecified atom stereocenters. The fourth-order valence-electron chi connectivity index (χ4n) is 3.86. The Morgan fingerprint density at radius 3 is 2.49 bits per heavy atom. The molecule has 0 aromatic heterocycles. The average Bonchev–Trinajstić information content (AvgIpc) is 2.92. The number of nitrogens with zero attached hydrogens (tertiary/aromatic N) is 2. The van der Waals surface area contributed by atoms with Crippen LogP contribution in [0.15, 0.2) is 70.7 Å².